The Labute approximate surface area is 155 Å². The zero-order chi connectivity index (χ0) is 18.7. The van der Waals surface area contributed by atoms with Gasteiger partial charge >= 0.3 is 0 Å². The molecule has 1 heterocycles. The molecule has 4 N–H and O–H groups in total. The highest BCUT2D eigenvalue weighted by Crippen LogP contribution is 2.33. The molecule has 3 aromatic rings. The van der Waals surface area contributed by atoms with E-state index in [1.54, 1.807) is 44.5 Å². The summed E-state index contributed by atoms with van der Waals surface area (Å²) >= 11 is 1.09. The number of pyridine rings is 1. The molecular weight excluding hydrogens is 350 g/mol. The van der Waals surface area contributed by atoms with Crippen molar-refractivity contribution in [2.75, 3.05) is 12.4 Å². The van der Waals surface area contributed by atoms with Crippen molar-refractivity contribution in [1.29, 1.82) is 0 Å². The van der Waals surface area contributed by atoms with E-state index < -0.39 is 0 Å². The summed E-state index contributed by atoms with van der Waals surface area (Å²) in [5.41, 5.74) is 1.91. The lowest BCUT2D eigenvalue weighted by atomic mass is 10.1. The summed E-state index contributed by atoms with van der Waals surface area (Å²) in [5.74, 6) is 0.372. The molecule has 0 fully saturated rings. The third-order valence-electron chi connectivity index (χ3n) is 4.08. The van der Waals surface area contributed by atoms with Crippen LogP contribution in [0.3, 0.4) is 0 Å². The van der Waals surface area contributed by atoms with Crippen molar-refractivity contribution in [2.45, 2.75) is 18.2 Å². The number of phenols is 1. The SMILES string of the molecule is COc1nccc2c(SN)cc(NC(=O)Cc3cccc(C)c3O)cc12. The number of nitrogens with one attached hydrogen (secondary N) is 1. The molecule has 0 bridgehead atoms. The molecule has 0 unspecified atom stereocenters. The predicted octanol–water partition coefficient (Wildman–Crippen LogP) is 3.40. The molecular formula is C19H19N3O3S. The Bertz CT molecular complexity index is 976. The molecule has 2 aromatic carbocycles. The molecule has 0 aliphatic rings. The molecule has 1 aromatic heterocycles. The maximum Gasteiger partial charge on any atom is 0.228 e. The number of aromatic hydroxyl groups is 1. The molecule has 0 saturated carbocycles. The van der Waals surface area contributed by atoms with Gasteiger partial charge in [0.15, 0.2) is 0 Å². The molecule has 7 heteroatoms. The minimum absolute atomic E-state index is 0.0703. The number of ether oxygens (including phenoxy) is 1. The zero-order valence-electron chi connectivity index (χ0n) is 14.4. The van der Waals surface area contributed by atoms with E-state index in [2.05, 4.69) is 10.3 Å². The lowest BCUT2D eigenvalue weighted by Crippen LogP contribution is -2.14. The number of hydrogen-bond acceptors (Lipinski definition) is 6. The van der Waals surface area contributed by atoms with Crippen molar-refractivity contribution in [1.82, 2.24) is 4.98 Å². The number of hydrogen-bond donors (Lipinski definition) is 3. The quantitative estimate of drug-likeness (QED) is 0.596. The van der Waals surface area contributed by atoms with E-state index in [1.165, 1.54) is 0 Å². The van der Waals surface area contributed by atoms with Crippen molar-refractivity contribution in [3.63, 3.8) is 0 Å². The van der Waals surface area contributed by atoms with E-state index in [4.69, 9.17) is 9.88 Å². The van der Waals surface area contributed by atoms with Crippen LogP contribution in [0.15, 0.2) is 47.5 Å². The molecule has 134 valence electrons. The first-order valence-electron chi connectivity index (χ1n) is 7.94. The number of anilines is 1. The van der Waals surface area contributed by atoms with Crippen LogP contribution in [-0.2, 0) is 11.2 Å². The number of benzene rings is 2. The minimum atomic E-state index is -0.235. The summed E-state index contributed by atoms with van der Waals surface area (Å²) in [6.07, 6.45) is 1.72. The maximum absolute atomic E-state index is 12.4. The number of rotatable bonds is 5. The van der Waals surface area contributed by atoms with Gasteiger partial charge in [-0.25, -0.2) is 4.98 Å². The van der Waals surface area contributed by atoms with E-state index >= 15 is 0 Å². The second kappa shape index (κ2) is 7.63. The average molecular weight is 369 g/mol. The second-order valence-electron chi connectivity index (χ2n) is 5.82. The Morgan fingerprint density at radius 2 is 2.12 bits per heavy atom. The Hall–Kier alpha value is -2.77. The first-order chi connectivity index (χ1) is 12.5. The van der Waals surface area contributed by atoms with Crippen molar-refractivity contribution in [3.8, 4) is 11.6 Å². The van der Waals surface area contributed by atoms with Gasteiger partial charge in [0.05, 0.1) is 13.5 Å². The van der Waals surface area contributed by atoms with E-state index in [1.807, 2.05) is 12.1 Å². The smallest absolute Gasteiger partial charge is 0.228 e. The Balaban J connectivity index is 1.90. The normalized spacial score (nSPS) is 10.7. The summed E-state index contributed by atoms with van der Waals surface area (Å²) in [5, 5.41) is 20.4. The zero-order valence-corrected chi connectivity index (χ0v) is 15.3. The molecule has 0 atom stereocenters. The van der Waals surface area contributed by atoms with Gasteiger partial charge in [-0.05, 0) is 42.6 Å². The van der Waals surface area contributed by atoms with Crippen molar-refractivity contribution < 1.29 is 14.6 Å². The summed E-state index contributed by atoms with van der Waals surface area (Å²) in [6.45, 7) is 1.80. The van der Waals surface area contributed by atoms with Gasteiger partial charge in [0.2, 0.25) is 11.8 Å². The van der Waals surface area contributed by atoms with Crippen LogP contribution in [0.2, 0.25) is 0 Å². The molecule has 6 nitrogen and oxygen atoms in total. The van der Waals surface area contributed by atoms with Crippen LogP contribution in [0.1, 0.15) is 11.1 Å². The largest absolute Gasteiger partial charge is 0.507 e. The maximum atomic E-state index is 12.4. The van der Waals surface area contributed by atoms with Crippen LogP contribution in [0.4, 0.5) is 5.69 Å². The van der Waals surface area contributed by atoms with Crippen LogP contribution in [0, 0.1) is 6.92 Å². The first kappa shape index (κ1) is 18.0. The fourth-order valence-corrected chi connectivity index (χ4v) is 3.30. The Morgan fingerprint density at radius 3 is 2.85 bits per heavy atom. The number of nitrogens with two attached hydrogens (primary N) is 1. The van der Waals surface area contributed by atoms with Crippen LogP contribution in [0.5, 0.6) is 11.6 Å². The second-order valence-corrected chi connectivity index (χ2v) is 6.49. The van der Waals surface area contributed by atoms with Crippen molar-refractivity contribution in [3.05, 3.63) is 53.7 Å². The standard InChI is InChI=1S/C19H19N3O3S/c1-11-4-3-5-12(18(11)24)8-17(23)22-13-9-15-14(16(10-13)26-20)6-7-21-19(15)25-2/h3-7,9-10,24H,8,20H2,1-2H3,(H,22,23). The molecule has 0 saturated heterocycles. The number of carbonyl (C=O) groups is 1. The molecule has 26 heavy (non-hydrogen) atoms. The van der Waals surface area contributed by atoms with Gasteiger partial charge in [-0.2, -0.15) is 0 Å². The number of phenolic OH excluding ortho intramolecular Hbond substituents is 1. The molecule has 0 spiro atoms. The summed E-state index contributed by atoms with van der Waals surface area (Å²) in [6, 6.07) is 10.8. The molecule has 3 rings (SSSR count). The Morgan fingerprint density at radius 1 is 1.31 bits per heavy atom. The third kappa shape index (κ3) is 3.58. The molecule has 0 radical (unpaired) electrons. The highest BCUT2D eigenvalue weighted by Gasteiger charge is 2.13. The van der Waals surface area contributed by atoms with Gasteiger partial charge in [-0.15, -0.1) is 0 Å². The number of methoxy groups -OCH3 is 1. The highest BCUT2D eigenvalue weighted by molar-refractivity contribution is 7.97. The summed E-state index contributed by atoms with van der Waals surface area (Å²) in [7, 11) is 1.54. The number of aromatic nitrogens is 1. The fraction of sp³-hybridized carbons (Fsp3) is 0.158. The number of carbonyl (C=O) groups excluding carboxylic acids is 1. The number of nitrogens with zero attached hydrogens (tertiary/aromatic N) is 1. The van der Waals surface area contributed by atoms with Crippen LogP contribution in [-0.4, -0.2) is 23.1 Å². The lowest BCUT2D eigenvalue weighted by Gasteiger charge is -2.12. The number of fused-ring (bicyclic) bond motifs is 1. The predicted molar refractivity (Wildman–Crippen MR) is 104 cm³/mol. The van der Waals surface area contributed by atoms with Gasteiger partial charge in [0, 0.05) is 33.1 Å². The van der Waals surface area contributed by atoms with Crippen LogP contribution < -0.4 is 15.2 Å². The number of para-hydroxylation sites is 1. The number of amides is 1. The average Bonchev–Trinajstić information content (AvgIpc) is 2.64. The fourth-order valence-electron chi connectivity index (χ4n) is 2.80. The minimum Gasteiger partial charge on any atom is -0.507 e. The highest BCUT2D eigenvalue weighted by atomic mass is 32.2. The molecule has 1 amide bonds. The van der Waals surface area contributed by atoms with Gasteiger partial charge in [0.1, 0.15) is 5.75 Å². The molecule has 0 aliphatic carbocycles. The van der Waals surface area contributed by atoms with Crippen LogP contribution >= 0.6 is 11.9 Å². The molecule has 0 aliphatic heterocycles. The third-order valence-corrected chi connectivity index (χ3v) is 4.67. The van der Waals surface area contributed by atoms with Gasteiger partial charge in [-0.3, -0.25) is 9.93 Å². The van der Waals surface area contributed by atoms with E-state index in [-0.39, 0.29) is 18.1 Å². The summed E-state index contributed by atoms with van der Waals surface area (Å²) < 4.78 is 5.30. The van der Waals surface area contributed by atoms with Gasteiger partial charge in [0.25, 0.3) is 0 Å². The van der Waals surface area contributed by atoms with Gasteiger partial charge < -0.3 is 15.2 Å². The van der Waals surface area contributed by atoms with E-state index in [0.29, 0.717) is 17.1 Å². The monoisotopic (exact) mass is 369 g/mol. The van der Waals surface area contributed by atoms with E-state index in [9.17, 15) is 9.90 Å². The van der Waals surface area contributed by atoms with E-state index in [0.717, 1.165) is 33.2 Å². The topological polar surface area (TPSA) is 97.5 Å². The Kier molecular flexibility index (Phi) is 5.29. The first-order valence-corrected chi connectivity index (χ1v) is 8.82. The summed E-state index contributed by atoms with van der Waals surface area (Å²) in [4.78, 5) is 17.4. The number of aryl methyl sites for hydroxylation is 1. The lowest BCUT2D eigenvalue weighted by molar-refractivity contribution is -0.115. The van der Waals surface area contributed by atoms with Crippen molar-refractivity contribution in [2.24, 2.45) is 5.14 Å². The van der Waals surface area contributed by atoms with Gasteiger partial charge in [-0.1, -0.05) is 18.2 Å². The van der Waals surface area contributed by atoms with Crippen LogP contribution in [0.25, 0.3) is 10.8 Å². The van der Waals surface area contributed by atoms with Crippen molar-refractivity contribution >= 4 is 34.3 Å².